The summed E-state index contributed by atoms with van der Waals surface area (Å²) in [7, 11) is 0. The van der Waals surface area contributed by atoms with Crippen molar-refractivity contribution in [1.29, 1.82) is 0 Å². The first-order chi connectivity index (χ1) is 8.95. The maximum Gasteiger partial charge on any atom is 0.268 e. The number of morpholine rings is 2. The summed E-state index contributed by atoms with van der Waals surface area (Å²) in [5.41, 5.74) is 0. The fourth-order valence-electron chi connectivity index (χ4n) is 2.76. The third kappa shape index (κ3) is 3.00. The summed E-state index contributed by atoms with van der Waals surface area (Å²) < 4.78 is 18.9. The lowest BCUT2D eigenvalue weighted by Gasteiger charge is -2.34. The number of rotatable bonds is 3. The highest BCUT2D eigenvalue weighted by molar-refractivity contribution is 7.90. The first-order valence-electron chi connectivity index (χ1n) is 7.10. The van der Waals surface area contributed by atoms with Gasteiger partial charge in [-0.3, -0.25) is 0 Å². The van der Waals surface area contributed by atoms with E-state index in [1.165, 1.54) is 25.9 Å². The van der Waals surface area contributed by atoms with Crippen LogP contribution in [0.3, 0.4) is 0 Å². The standard InChI is InChI=1S/C12H24N3O2S/c1-2-4-13(3-1)18(14-5-9-16-10-6-14)15-7-11-17-12-8-15/h1-12H2/q+1. The minimum absolute atomic E-state index is 0.167. The molecule has 3 rings (SSSR count). The molecule has 0 aromatic heterocycles. The van der Waals surface area contributed by atoms with Crippen LogP contribution in [-0.4, -0.2) is 78.6 Å². The van der Waals surface area contributed by atoms with Gasteiger partial charge in [-0.25, -0.2) is 0 Å². The summed E-state index contributed by atoms with van der Waals surface area (Å²) in [5.74, 6) is 0. The number of hydrogen-bond acceptors (Lipinski definition) is 5. The second-order valence-corrected chi connectivity index (χ2v) is 7.00. The van der Waals surface area contributed by atoms with Crippen LogP contribution in [0.2, 0.25) is 0 Å². The molecule has 3 aliphatic heterocycles. The predicted molar refractivity (Wildman–Crippen MR) is 73.0 cm³/mol. The van der Waals surface area contributed by atoms with E-state index in [1.54, 1.807) is 0 Å². The zero-order valence-corrected chi connectivity index (χ0v) is 11.9. The lowest BCUT2D eigenvalue weighted by atomic mass is 10.4. The molecule has 0 radical (unpaired) electrons. The van der Waals surface area contributed by atoms with Crippen molar-refractivity contribution in [3.8, 4) is 0 Å². The van der Waals surface area contributed by atoms with E-state index in [4.69, 9.17) is 9.47 Å². The molecule has 0 unspecified atom stereocenters. The second kappa shape index (κ2) is 6.54. The van der Waals surface area contributed by atoms with E-state index < -0.39 is 0 Å². The molecule has 0 aromatic rings. The molecule has 0 spiro atoms. The molecule has 0 aromatic carbocycles. The maximum atomic E-state index is 5.50. The Bertz CT molecular complexity index is 234. The summed E-state index contributed by atoms with van der Waals surface area (Å²) in [6.45, 7) is 10.4. The summed E-state index contributed by atoms with van der Waals surface area (Å²) in [4.78, 5) is 0. The van der Waals surface area contributed by atoms with Gasteiger partial charge >= 0.3 is 0 Å². The second-order valence-electron chi connectivity index (χ2n) is 4.96. The van der Waals surface area contributed by atoms with Gasteiger partial charge in [0, 0.05) is 13.1 Å². The Hall–Kier alpha value is 0.150. The van der Waals surface area contributed by atoms with Gasteiger partial charge in [0.05, 0.1) is 52.6 Å². The molecule has 0 atom stereocenters. The Morgan fingerprint density at radius 2 is 0.944 bits per heavy atom. The van der Waals surface area contributed by atoms with Crippen LogP contribution in [0.15, 0.2) is 0 Å². The minimum atomic E-state index is 0.167. The zero-order valence-electron chi connectivity index (χ0n) is 11.1. The molecule has 5 nitrogen and oxygen atoms in total. The van der Waals surface area contributed by atoms with E-state index in [0.717, 1.165) is 52.6 Å². The van der Waals surface area contributed by atoms with E-state index >= 15 is 0 Å². The zero-order chi connectivity index (χ0) is 12.2. The van der Waals surface area contributed by atoms with Crippen molar-refractivity contribution in [2.24, 2.45) is 0 Å². The number of hydrogen-bond donors (Lipinski definition) is 0. The van der Waals surface area contributed by atoms with Gasteiger partial charge in [-0.15, -0.1) is 0 Å². The van der Waals surface area contributed by atoms with Crippen molar-refractivity contribution in [2.75, 3.05) is 65.7 Å². The highest BCUT2D eigenvalue weighted by Gasteiger charge is 2.45. The van der Waals surface area contributed by atoms with E-state index in [1.807, 2.05) is 0 Å². The van der Waals surface area contributed by atoms with Gasteiger partial charge in [0.25, 0.3) is 11.5 Å². The largest absolute Gasteiger partial charge is 0.378 e. The molecule has 0 aliphatic carbocycles. The van der Waals surface area contributed by atoms with E-state index in [0.29, 0.717) is 0 Å². The van der Waals surface area contributed by atoms with E-state index in [2.05, 4.69) is 12.9 Å². The van der Waals surface area contributed by atoms with Crippen molar-refractivity contribution in [1.82, 2.24) is 12.9 Å². The van der Waals surface area contributed by atoms with Crippen molar-refractivity contribution in [2.45, 2.75) is 12.8 Å². The van der Waals surface area contributed by atoms with Gasteiger partial charge in [-0.05, 0) is 12.8 Å². The molecule has 0 amide bonds. The first-order valence-corrected chi connectivity index (χ1v) is 8.20. The predicted octanol–water partition coefficient (Wildman–Crippen LogP) is 0.110. The van der Waals surface area contributed by atoms with Crippen LogP contribution in [0.4, 0.5) is 0 Å². The molecule has 104 valence electrons. The van der Waals surface area contributed by atoms with Crippen LogP contribution < -0.4 is 0 Å². The van der Waals surface area contributed by atoms with Gasteiger partial charge in [-0.1, -0.05) is 12.9 Å². The normalized spacial score (nSPS) is 29.2. The van der Waals surface area contributed by atoms with Crippen molar-refractivity contribution < 1.29 is 9.47 Å². The lowest BCUT2D eigenvalue weighted by molar-refractivity contribution is 0.0573. The molecule has 0 bridgehead atoms. The van der Waals surface area contributed by atoms with Crippen LogP contribution in [0.5, 0.6) is 0 Å². The van der Waals surface area contributed by atoms with E-state index in [-0.39, 0.29) is 11.5 Å². The Balaban J connectivity index is 1.68. The van der Waals surface area contributed by atoms with Crippen LogP contribution >= 0.6 is 0 Å². The number of nitrogens with zero attached hydrogens (tertiary/aromatic N) is 3. The Morgan fingerprint density at radius 3 is 1.39 bits per heavy atom. The third-order valence-electron chi connectivity index (χ3n) is 3.70. The molecular formula is C12H24N3O2S+. The van der Waals surface area contributed by atoms with Crippen LogP contribution in [-0.2, 0) is 20.9 Å². The molecule has 0 N–H and O–H groups in total. The van der Waals surface area contributed by atoms with Crippen molar-refractivity contribution in [3.63, 3.8) is 0 Å². The SMILES string of the molecule is C1CCN([S+](N2CCOCC2)N2CCOCC2)C1. The summed E-state index contributed by atoms with van der Waals surface area (Å²) in [6, 6.07) is 0. The van der Waals surface area contributed by atoms with Gasteiger partial charge in [0.15, 0.2) is 0 Å². The van der Waals surface area contributed by atoms with Crippen LogP contribution in [0.25, 0.3) is 0 Å². The highest BCUT2D eigenvalue weighted by Crippen LogP contribution is 2.24. The topological polar surface area (TPSA) is 28.2 Å². The minimum Gasteiger partial charge on any atom is -0.378 e. The van der Waals surface area contributed by atoms with Gasteiger partial charge < -0.3 is 9.47 Å². The summed E-state index contributed by atoms with van der Waals surface area (Å²) >= 11 is 0.167. The molecule has 3 heterocycles. The van der Waals surface area contributed by atoms with Gasteiger partial charge in [-0.2, -0.15) is 0 Å². The molecular weight excluding hydrogens is 250 g/mol. The summed E-state index contributed by atoms with van der Waals surface area (Å²) in [6.07, 6.45) is 2.72. The number of ether oxygens (including phenoxy) is 2. The highest BCUT2D eigenvalue weighted by atomic mass is 32.2. The average Bonchev–Trinajstić information content (AvgIpc) is 2.95. The van der Waals surface area contributed by atoms with Gasteiger partial charge in [0.2, 0.25) is 0 Å². The lowest BCUT2D eigenvalue weighted by Crippen LogP contribution is -2.57. The Labute approximate surface area is 113 Å². The Kier molecular flexibility index (Phi) is 4.78. The van der Waals surface area contributed by atoms with Crippen LogP contribution in [0.1, 0.15) is 12.8 Å². The monoisotopic (exact) mass is 274 g/mol. The molecule has 3 aliphatic rings. The molecule has 3 fully saturated rings. The van der Waals surface area contributed by atoms with Crippen molar-refractivity contribution >= 4 is 11.5 Å². The van der Waals surface area contributed by atoms with Gasteiger partial charge in [0.1, 0.15) is 0 Å². The molecule has 0 saturated carbocycles. The fraction of sp³-hybridized carbons (Fsp3) is 1.00. The molecule has 6 heteroatoms. The maximum absolute atomic E-state index is 5.50. The summed E-state index contributed by atoms with van der Waals surface area (Å²) in [5, 5.41) is 0. The smallest absolute Gasteiger partial charge is 0.268 e. The third-order valence-corrected chi connectivity index (χ3v) is 6.18. The Morgan fingerprint density at radius 1 is 0.556 bits per heavy atom. The van der Waals surface area contributed by atoms with E-state index in [9.17, 15) is 0 Å². The molecule has 18 heavy (non-hydrogen) atoms. The first kappa shape index (κ1) is 13.1. The average molecular weight is 274 g/mol. The quantitative estimate of drug-likeness (QED) is 0.681. The van der Waals surface area contributed by atoms with Crippen molar-refractivity contribution in [3.05, 3.63) is 0 Å². The van der Waals surface area contributed by atoms with Crippen LogP contribution in [0, 0.1) is 0 Å². The fourth-order valence-corrected chi connectivity index (χ4v) is 5.28. The molecule has 3 saturated heterocycles.